The fraction of sp³-hybridized carbons (Fsp3) is 0.130. The van der Waals surface area contributed by atoms with E-state index in [2.05, 4.69) is 5.32 Å². The third-order valence-electron chi connectivity index (χ3n) is 4.80. The largest absolute Gasteiger partial charge is 0.373 e. The van der Waals surface area contributed by atoms with Crippen molar-refractivity contribution >= 4 is 22.4 Å². The molecule has 3 aromatic carbocycles. The smallest absolute Gasteiger partial charge is 0.252 e. The average molecular weight is 388 g/mol. The van der Waals surface area contributed by atoms with E-state index in [0.717, 1.165) is 21.7 Å². The van der Waals surface area contributed by atoms with Gasteiger partial charge in [-0.05, 0) is 29.3 Å². The Morgan fingerprint density at radius 1 is 0.821 bits per heavy atom. The summed E-state index contributed by atoms with van der Waals surface area (Å²) in [7, 11) is 0. The molecule has 0 aromatic heterocycles. The molecule has 1 aliphatic heterocycles. The van der Waals surface area contributed by atoms with Crippen molar-refractivity contribution in [3.8, 4) is 0 Å². The van der Waals surface area contributed by atoms with Crippen LogP contribution in [-0.2, 0) is 0 Å². The molecular formula is C23H20N2O2S. The molecular weight excluding hydrogens is 368 g/mol. The molecule has 1 N–H and O–H groups in total. The summed E-state index contributed by atoms with van der Waals surface area (Å²) in [4.78, 5) is 13.0. The van der Waals surface area contributed by atoms with E-state index in [4.69, 9.17) is 0 Å². The zero-order valence-electron chi connectivity index (χ0n) is 15.1. The van der Waals surface area contributed by atoms with Crippen molar-refractivity contribution in [1.29, 1.82) is 0 Å². The highest BCUT2D eigenvalue weighted by molar-refractivity contribution is 8.08. The Bertz CT molecular complexity index is 962. The summed E-state index contributed by atoms with van der Waals surface area (Å²) in [5.74, 6) is 0. The van der Waals surface area contributed by atoms with Gasteiger partial charge < -0.3 is 5.32 Å². The molecule has 0 aliphatic carbocycles. The Hall–Kier alpha value is -3.05. The van der Waals surface area contributed by atoms with E-state index in [1.165, 1.54) is 0 Å². The summed E-state index contributed by atoms with van der Waals surface area (Å²) in [6.07, 6.45) is 2.00. The van der Waals surface area contributed by atoms with Crippen molar-refractivity contribution in [2.75, 3.05) is 5.32 Å². The van der Waals surface area contributed by atoms with E-state index >= 15 is 0 Å². The average Bonchev–Trinajstić information content (AvgIpc) is 2.75. The van der Waals surface area contributed by atoms with Crippen molar-refractivity contribution in [3.05, 3.63) is 118 Å². The minimum absolute atomic E-state index is 0.149. The Balaban J connectivity index is 1.78. The van der Waals surface area contributed by atoms with Crippen LogP contribution in [-0.4, -0.2) is 17.0 Å². The topological polar surface area (TPSA) is 55.2 Å². The summed E-state index contributed by atoms with van der Waals surface area (Å²) in [6.45, 7) is 0. The van der Waals surface area contributed by atoms with Crippen LogP contribution < -0.4 is 5.32 Å². The summed E-state index contributed by atoms with van der Waals surface area (Å²) >= 11 is 1.57. The third-order valence-corrected chi connectivity index (χ3v) is 6.23. The van der Waals surface area contributed by atoms with Crippen molar-refractivity contribution < 1.29 is 4.92 Å². The number of hydrogen-bond donors (Lipinski definition) is 1. The molecule has 0 saturated carbocycles. The van der Waals surface area contributed by atoms with Gasteiger partial charge in [0.1, 0.15) is 11.3 Å². The van der Waals surface area contributed by atoms with Crippen LogP contribution in [0.25, 0.3) is 4.91 Å². The molecule has 5 heteroatoms. The molecule has 3 atom stereocenters. The molecule has 4 nitrogen and oxygen atoms in total. The lowest BCUT2D eigenvalue weighted by Gasteiger charge is -2.32. The van der Waals surface area contributed by atoms with Crippen LogP contribution in [0, 0.1) is 10.1 Å². The number of nitrogens with one attached hydrogen (secondary N) is 1. The Morgan fingerprint density at radius 3 is 2.00 bits per heavy atom. The third kappa shape index (κ3) is 3.94. The van der Waals surface area contributed by atoms with Gasteiger partial charge in [0.25, 0.3) is 6.04 Å². The van der Waals surface area contributed by atoms with Crippen LogP contribution in [0.15, 0.2) is 97.1 Å². The zero-order chi connectivity index (χ0) is 19.3. The Labute approximate surface area is 168 Å². The summed E-state index contributed by atoms with van der Waals surface area (Å²) < 4.78 is 0. The highest BCUT2D eigenvalue weighted by atomic mass is 32.2. The van der Waals surface area contributed by atoms with Crippen molar-refractivity contribution in [2.45, 2.75) is 17.3 Å². The molecule has 28 heavy (non-hydrogen) atoms. The van der Waals surface area contributed by atoms with Crippen molar-refractivity contribution in [3.63, 3.8) is 0 Å². The molecule has 140 valence electrons. The van der Waals surface area contributed by atoms with Gasteiger partial charge >= 0.3 is 0 Å². The van der Waals surface area contributed by atoms with Gasteiger partial charge in [0.2, 0.25) is 0 Å². The van der Waals surface area contributed by atoms with E-state index in [1.54, 1.807) is 11.8 Å². The maximum Gasteiger partial charge on any atom is 0.252 e. The van der Waals surface area contributed by atoms with Gasteiger partial charge in [-0.1, -0.05) is 78.9 Å². The lowest BCUT2D eigenvalue weighted by Crippen LogP contribution is -2.43. The SMILES string of the molecule is O=[N+]([O-])[C@H]1[C@@H](Nc2ccccc2)C=C(c2ccccc2)S[C@@H]1c1ccccc1. The second-order valence-corrected chi connectivity index (χ2v) is 7.84. The summed E-state index contributed by atoms with van der Waals surface area (Å²) in [5, 5.41) is 15.2. The van der Waals surface area contributed by atoms with Gasteiger partial charge in [0.15, 0.2) is 0 Å². The first kappa shape index (κ1) is 18.3. The van der Waals surface area contributed by atoms with Crippen molar-refractivity contribution in [2.24, 2.45) is 0 Å². The maximum atomic E-state index is 12.1. The van der Waals surface area contributed by atoms with E-state index in [0.29, 0.717) is 0 Å². The molecule has 0 unspecified atom stereocenters. The number of nitro groups is 1. The highest BCUT2D eigenvalue weighted by Crippen LogP contribution is 2.47. The first-order valence-corrected chi connectivity index (χ1v) is 10.0. The van der Waals surface area contributed by atoms with Gasteiger partial charge in [0.05, 0.1) is 0 Å². The van der Waals surface area contributed by atoms with E-state index in [-0.39, 0.29) is 10.2 Å². The molecule has 0 saturated heterocycles. The lowest BCUT2D eigenvalue weighted by molar-refractivity contribution is -0.523. The molecule has 0 spiro atoms. The minimum atomic E-state index is -0.778. The second kappa shape index (κ2) is 8.31. The Morgan fingerprint density at radius 2 is 1.39 bits per heavy atom. The van der Waals surface area contributed by atoms with E-state index < -0.39 is 12.1 Å². The highest BCUT2D eigenvalue weighted by Gasteiger charge is 2.43. The minimum Gasteiger partial charge on any atom is -0.373 e. The summed E-state index contributed by atoms with van der Waals surface area (Å²) in [6, 6.07) is 28.3. The lowest BCUT2D eigenvalue weighted by atomic mass is 9.97. The number of rotatable bonds is 5. The normalized spacial score (nSPS) is 21.6. The molecule has 0 amide bonds. The predicted octanol–water partition coefficient (Wildman–Crippen LogP) is 5.64. The van der Waals surface area contributed by atoms with E-state index in [9.17, 15) is 10.1 Å². The zero-order valence-corrected chi connectivity index (χ0v) is 16.0. The predicted molar refractivity (Wildman–Crippen MR) is 116 cm³/mol. The second-order valence-electron chi connectivity index (χ2n) is 6.66. The van der Waals surface area contributed by atoms with E-state index in [1.807, 2.05) is 97.1 Å². The van der Waals surface area contributed by atoms with Crippen LogP contribution in [0.3, 0.4) is 0 Å². The number of para-hydroxylation sites is 1. The van der Waals surface area contributed by atoms with Crippen LogP contribution in [0.4, 0.5) is 5.69 Å². The fourth-order valence-corrected chi connectivity index (χ4v) is 4.94. The summed E-state index contributed by atoms with van der Waals surface area (Å²) in [5.41, 5.74) is 2.92. The molecule has 1 aliphatic rings. The molecule has 4 rings (SSSR count). The van der Waals surface area contributed by atoms with Gasteiger partial charge in [0, 0.05) is 15.5 Å². The fourth-order valence-electron chi connectivity index (χ4n) is 3.47. The van der Waals surface area contributed by atoms with Gasteiger partial charge in [-0.15, -0.1) is 11.8 Å². The quantitative estimate of drug-likeness (QED) is 0.454. The van der Waals surface area contributed by atoms with Crippen LogP contribution in [0.1, 0.15) is 16.4 Å². The van der Waals surface area contributed by atoms with Gasteiger partial charge in [-0.25, -0.2) is 0 Å². The van der Waals surface area contributed by atoms with Gasteiger partial charge in [-0.3, -0.25) is 10.1 Å². The molecule has 1 heterocycles. The molecule has 0 fully saturated rings. The van der Waals surface area contributed by atoms with Gasteiger partial charge in [-0.2, -0.15) is 0 Å². The first-order valence-electron chi connectivity index (χ1n) is 9.16. The van der Waals surface area contributed by atoms with Crippen molar-refractivity contribution in [1.82, 2.24) is 0 Å². The Kier molecular flexibility index (Phi) is 5.44. The first-order chi connectivity index (χ1) is 13.7. The number of hydrogen-bond acceptors (Lipinski definition) is 4. The number of benzene rings is 3. The molecule has 0 bridgehead atoms. The van der Waals surface area contributed by atoms with Crippen LogP contribution >= 0.6 is 11.8 Å². The number of anilines is 1. The van der Waals surface area contributed by atoms with Crippen LogP contribution in [0.5, 0.6) is 0 Å². The van der Waals surface area contributed by atoms with Crippen LogP contribution in [0.2, 0.25) is 0 Å². The number of nitrogens with zero attached hydrogens (tertiary/aromatic N) is 1. The monoisotopic (exact) mass is 388 g/mol. The molecule has 3 aromatic rings. The number of thioether (sulfide) groups is 1. The standard InChI is InChI=1S/C23H20N2O2S/c26-25(27)22-20(24-19-14-8-3-9-15-19)16-21(17-10-4-1-5-11-17)28-23(22)18-12-6-2-7-13-18/h1-16,20,22-24H/t20-,22-,23+/m0/s1. The maximum absolute atomic E-state index is 12.1. The molecule has 0 radical (unpaired) electrons.